The summed E-state index contributed by atoms with van der Waals surface area (Å²) in [6.07, 6.45) is 0. The third kappa shape index (κ3) is 2.80. The quantitative estimate of drug-likeness (QED) is 0.700. The van der Waals surface area contributed by atoms with E-state index in [1.807, 2.05) is 0 Å². The van der Waals surface area contributed by atoms with Gasteiger partial charge in [-0.3, -0.25) is 4.48 Å². The minimum absolute atomic E-state index is 0. The number of quaternary nitrogens is 1. The van der Waals surface area contributed by atoms with Crippen molar-refractivity contribution in [2.24, 2.45) is 0 Å². The number of hydrogen-bond donors (Lipinski definition) is 0. The third-order valence-electron chi connectivity index (χ3n) is 3.40. The monoisotopic (exact) mass is 209 g/mol. The second-order valence-corrected chi connectivity index (χ2v) is 3.93. The van der Waals surface area contributed by atoms with E-state index in [0.717, 1.165) is 4.48 Å². The van der Waals surface area contributed by atoms with Crippen LogP contribution in [0.1, 0.15) is 26.3 Å². The van der Waals surface area contributed by atoms with Crippen LogP contribution in [0.4, 0.5) is 5.69 Å². The Bertz CT molecular complexity index is 267. The van der Waals surface area contributed by atoms with Crippen LogP contribution in [0.3, 0.4) is 0 Å². The first kappa shape index (κ1) is 14.1. The topological polar surface area (TPSA) is 30.0 Å². The summed E-state index contributed by atoms with van der Waals surface area (Å²) in [7, 11) is 0. The van der Waals surface area contributed by atoms with Gasteiger partial charge >= 0.3 is 0 Å². The summed E-state index contributed by atoms with van der Waals surface area (Å²) in [5.74, 6) is 0. The Hall–Kier alpha value is -0.860. The van der Waals surface area contributed by atoms with E-state index in [1.165, 1.54) is 30.9 Å². The fourth-order valence-corrected chi connectivity index (χ4v) is 2.08. The maximum atomic E-state index is 2.27. The van der Waals surface area contributed by atoms with E-state index in [2.05, 4.69) is 52.0 Å². The number of benzene rings is 1. The molecule has 0 aliphatic rings. The van der Waals surface area contributed by atoms with Gasteiger partial charge in [-0.15, -0.1) is 0 Å². The Labute approximate surface area is 93.4 Å². The molecule has 2 heteroatoms. The van der Waals surface area contributed by atoms with Crippen molar-refractivity contribution in [3.8, 4) is 0 Å². The SMILES string of the molecule is CC[N+](CC)(CC)c1ccc(C)cc1.[OH-]. The minimum atomic E-state index is 0. The van der Waals surface area contributed by atoms with E-state index in [0.29, 0.717) is 0 Å². The molecular weight excluding hydrogens is 186 g/mol. The van der Waals surface area contributed by atoms with Gasteiger partial charge in [-0.05, 0) is 39.8 Å². The highest BCUT2D eigenvalue weighted by atomic mass is 16.0. The third-order valence-corrected chi connectivity index (χ3v) is 3.40. The molecule has 1 rings (SSSR count). The van der Waals surface area contributed by atoms with E-state index in [1.54, 1.807) is 0 Å². The van der Waals surface area contributed by atoms with Gasteiger partial charge in [-0.2, -0.15) is 0 Å². The lowest BCUT2D eigenvalue weighted by Gasteiger charge is -2.35. The molecule has 15 heavy (non-hydrogen) atoms. The summed E-state index contributed by atoms with van der Waals surface area (Å²) in [5, 5.41) is 0. The molecule has 0 atom stereocenters. The summed E-state index contributed by atoms with van der Waals surface area (Å²) in [4.78, 5) is 0. The van der Waals surface area contributed by atoms with E-state index < -0.39 is 0 Å². The van der Waals surface area contributed by atoms with Crippen molar-refractivity contribution in [3.05, 3.63) is 29.8 Å². The van der Waals surface area contributed by atoms with E-state index in [9.17, 15) is 0 Å². The van der Waals surface area contributed by atoms with E-state index in [-0.39, 0.29) is 5.48 Å². The fourth-order valence-electron chi connectivity index (χ4n) is 2.08. The zero-order valence-electron chi connectivity index (χ0n) is 10.3. The normalized spacial score (nSPS) is 10.9. The van der Waals surface area contributed by atoms with Crippen molar-refractivity contribution in [1.82, 2.24) is 4.48 Å². The van der Waals surface area contributed by atoms with Crippen molar-refractivity contribution in [2.75, 3.05) is 19.6 Å². The maximum absolute atomic E-state index is 2.27. The summed E-state index contributed by atoms with van der Waals surface area (Å²) in [6, 6.07) is 8.96. The van der Waals surface area contributed by atoms with Crippen molar-refractivity contribution in [2.45, 2.75) is 27.7 Å². The van der Waals surface area contributed by atoms with Crippen LogP contribution in [0, 0.1) is 6.92 Å². The lowest BCUT2D eigenvalue weighted by molar-refractivity contribution is 0.316. The fraction of sp³-hybridized carbons (Fsp3) is 0.538. The van der Waals surface area contributed by atoms with Crippen LogP contribution in [0.5, 0.6) is 0 Å². The van der Waals surface area contributed by atoms with Crippen LogP contribution in [0.25, 0.3) is 0 Å². The highest BCUT2D eigenvalue weighted by Gasteiger charge is 2.23. The van der Waals surface area contributed by atoms with E-state index >= 15 is 0 Å². The molecule has 1 aromatic rings. The van der Waals surface area contributed by atoms with Crippen molar-refractivity contribution in [1.29, 1.82) is 0 Å². The Balaban J connectivity index is 0.00000196. The zero-order valence-corrected chi connectivity index (χ0v) is 10.3. The van der Waals surface area contributed by atoms with Crippen LogP contribution in [0.2, 0.25) is 0 Å². The Morgan fingerprint density at radius 3 is 1.60 bits per heavy atom. The standard InChI is InChI=1S/C13H22N.H2O/c1-5-14(6-2,7-3)13-10-8-12(4)9-11-13;/h8-11H,5-7H2,1-4H3;1H2/q+1;/p-1. The summed E-state index contributed by atoms with van der Waals surface area (Å²) < 4.78 is 1.10. The molecule has 0 saturated carbocycles. The molecule has 0 heterocycles. The lowest BCUT2D eigenvalue weighted by atomic mass is 10.2. The minimum Gasteiger partial charge on any atom is -0.870 e. The molecule has 0 aliphatic carbocycles. The molecule has 0 fully saturated rings. The van der Waals surface area contributed by atoms with Crippen LogP contribution in [-0.2, 0) is 0 Å². The Kier molecular flexibility index (Phi) is 5.55. The molecular formula is C13H23NO. The lowest BCUT2D eigenvalue weighted by Crippen LogP contribution is -2.48. The molecule has 0 aliphatic heterocycles. The van der Waals surface area contributed by atoms with Gasteiger partial charge in [-0.1, -0.05) is 17.7 Å². The predicted molar refractivity (Wildman–Crippen MR) is 66.5 cm³/mol. The van der Waals surface area contributed by atoms with Gasteiger partial charge in [-0.25, -0.2) is 0 Å². The molecule has 86 valence electrons. The molecule has 2 nitrogen and oxygen atoms in total. The van der Waals surface area contributed by atoms with Gasteiger partial charge in [0.1, 0.15) is 5.69 Å². The summed E-state index contributed by atoms with van der Waals surface area (Å²) >= 11 is 0. The van der Waals surface area contributed by atoms with Crippen LogP contribution in [-0.4, -0.2) is 25.1 Å². The van der Waals surface area contributed by atoms with Gasteiger partial charge < -0.3 is 5.48 Å². The second-order valence-electron chi connectivity index (χ2n) is 3.93. The Morgan fingerprint density at radius 1 is 0.867 bits per heavy atom. The van der Waals surface area contributed by atoms with E-state index in [4.69, 9.17) is 0 Å². The summed E-state index contributed by atoms with van der Waals surface area (Å²) in [6.45, 7) is 12.5. The van der Waals surface area contributed by atoms with Crippen LogP contribution >= 0.6 is 0 Å². The molecule has 0 bridgehead atoms. The number of rotatable bonds is 4. The predicted octanol–water partition coefficient (Wildman–Crippen LogP) is 3.19. The smallest absolute Gasteiger partial charge is 0.132 e. The van der Waals surface area contributed by atoms with Crippen molar-refractivity contribution >= 4 is 5.69 Å². The van der Waals surface area contributed by atoms with Crippen molar-refractivity contribution < 1.29 is 5.48 Å². The summed E-state index contributed by atoms with van der Waals surface area (Å²) in [5.41, 5.74) is 2.79. The van der Waals surface area contributed by atoms with Gasteiger partial charge in [0.15, 0.2) is 0 Å². The molecule has 0 radical (unpaired) electrons. The van der Waals surface area contributed by atoms with Gasteiger partial charge in [0.05, 0.1) is 19.6 Å². The largest absolute Gasteiger partial charge is 0.870 e. The number of nitrogens with zero attached hydrogens (tertiary/aromatic N) is 1. The first-order valence-electron chi connectivity index (χ1n) is 5.61. The maximum Gasteiger partial charge on any atom is 0.132 e. The van der Waals surface area contributed by atoms with Gasteiger partial charge in [0.2, 0.25) is 0 Å². The average molecular weight is 209 g/mol. The molecule has 0 amide bonds. The number of hydrogen-bond acceptors (Lipinski definition) is 1. The van der Waals surface area contributed by atoms with Crippen molar-refractivity contribution in [3.63, 3.8) is 0 Å². The van der Waals surface area contributed by atoms with Gasteiger partial charge in [0, 0.05) is 0 Å². The van der Waals surface area contributed by atoms with Crippen LogP contribution < -0.4 is 4.48 Å². The molecule has 0 spiro atoms. The molecule has 0 aromatic heterocycles. The highest BCUT2D eigenvalue weighted by molar-refractivity contribution is 5.44. The molecule has 1 N–H and O–H groups in total. The highest BCUT2D eigenvalue weighted by Crippen LogP contribution is 2.22. The first-order chi connectivity index (χ1) is 6.68. The average Bonchev–Trinajstić information content (AvgIpc) is 2.24. The molecule has 0 saturated heterocycles. The van der Waals surface area contributed by atoms with Crippen LogP contribution in [0.15, 0.2) is 24.3 Å². The first-order valence-corrected chi connectivity index (χ1v) is 5.61. The Morgan fingerprint density at radius 2 is 1.27 bits per heavy atom. The van der Waals surface area contributed by atoms with Gasteiger partial charge in [0.25, 0.3) is 0 Å². The number of aryl methyl sites for hydroxylation is 1. The molecule has 1 aromatic carbocycles. The molecule has 0 unspecified atom stereocenters. The zero-order chi connectivity index (χ0) is 10.6. The second kappa shape index (κ2) is 5.89.